The zero-order valence-electron chi connectivity index (χ0n) is 64.6. The van der Waals surface area contributed by atoms with Gasteiger partial charge in [0.25, 0.3) is 0 Å². The minimum Gasteiger partial charge on any atom is -0.462 e. The van der Waals surface area contributed by atoms with E-state index in [0.29, 0.717) is 38.5 Å². The van der Waals surface area contributed by atoms with Crippen molar-refractivity contribution in [3.05, 3.63) is 158 Å². The Kier molecular flexibility index (Phi) is 72.0. The van der Waals surface area contributed by atoms with E-state index in [0.717, 1.165) is 128 Å². The molecule has 19 heteroatoms. The molecule has 0 aromatic carbocycles. The summed E-state index contributed by atoms with van der Waals surface area (Å²) in [6.45, 7) is 4.44. The Morgan fingerprint density at radius 3 is 0.856 bits per heavy atom. The van der Waals surface area contributed by atoms with Crippen molar-refractivity contribution >= 4 is 39.5 Å². The van der Waals surface area contributed by atoms with Crippen molar-refractivity contribution in [3.8, 4) is 0 Å². The van der Waals surface area contributed by atoms with E-state index >= 15 is 0 Å². The van der Waals surface area contributed by atoms with Gasteiger partial charge in [0, 0.05) is 25.7 Å². The number of ether oxygens (including phenoxy) is 4. The highest BCUT2D eigenvalue weighted by molar-refractivity contribution is 7.47. The van der Waals surface area contributed by atoms with Crippen LogP contribution >= 0.6 is 15.6 Å². The Labute approximate surface area is 629 Å². The normalized spacial score (nSPS) is 14.7. The van der Waals surface area contributed by atoms with Crippen molar-refractivity contribution in [2.24, 2.45) is 0 Å². The van der Waals surface area contributed by atoms with Gasteiger partial charge in [0.2, 0.25) is 0 Å². The molecule has 0 spiro atoms. The fourth-order valence-corrected chi connectivity index (χ4v) is 11.6. The number of phosphoric acid groups is 2. The number of esters is 4. The molecule has 0 rings (SSSR count). The zero-order chi connectivity index (χ0) is 76.0. The number of carbonyl (C=O) groups excluding carboxylic acids is 4. The van der Waals surface area contributed by atoms with E-state index in [9.17, 15) is 43.2 Å². The summed E-state index contributed by atoms with van der Waals surface area (Å²) in [6, 6.07) is 0. The van der Waals surface area contributed by atoms with Gasteiger partial charge >= 0.3 is 39.5 Å². The fraction of sp³-hybridized carbons (Fsp3) is 0.647. The third kappa shape index (κ3) is 74.9. The first-order valence-corrected chi connectivity index (χ1v) is 42.7. The second-order valence-corrected chi connectivity index (χ2v) is 28.8. The SMILES string of the molecule is CC/C=C\C/C=C\C/C=C\C/C=C\C/C=C\C/C=C\CCC(=O)OC[C@H](COP(=O)(O)OC[C@@H](O)COP(=O)(O)OC[C@@H](COC(=O)CCCCCCCCCCCCCCC)OC(=O)CC/C=C\C/C=C\C/C=C\C/C=C\C/C=C\C/C=C\CC)OC(=O)CCCCCCC/C=C\CCCCCC. The molecular weight excluding hydrogens is 1350 g/mol. The highest BCUT2D eigenvalue weighted by Gasteiger charge is 2.30. The minimum atomic E-state index is -5.01. The molecule has 0 radical (unpaired) electrons. The van der Waals surface area contributed by atoms with Crippen molar-refractivity contribution < 1.29 is 80.2 Å². The highest BCUT2D eigenvalue weighted by Crippen LogP contribution is 2.45. The largest absolute Gasteiger partial charge is 0.472 e. The van der Waals surface area contributed by atoms with Crippen LogP contribution in [0.25, 0.3) is 0 Å². The van der Waals surface area contributed by atoms with Gasteiger partial charge in [-0.25, -0.2) is 9.13 Å². The number of carbonyl (C=O) groups is 4. The van der Waals surface area contributed by atoms with Crippen LogP contribution in [0.1, 0.15) is 297 Å². The predicted octanol–water partition coefficient (Wildman–Crippen LogP) is 23.2. The molecule has 2 unspecified atom stereocenters. The second-order valence-electron chi connectivity index (χ2n) is 25.9. The maximum Gasteiger partial charge on any atom is 0.472 e. The van der Waals surface area contributed by atoms with Gasteiger partial charge in [0.1, 0.15) is 19.3 Å². The van der Waals surface area contributed by atoms with Crippen LogP contribution in [-0.2, 0) is 65.4 Å². The summed E-state index contributed by atoms with van der Waals surface area (Å²) in [6.07, 6.45) is 88.3. The summed E-state index contributed by atoms with van der Waals surface area (Å²) in [4.78, 5) is 72.9. The lowest BCUT2D eigenvalue weighted by molar-refractivity contribution is -0.161. The van der Waals surface area contributed by atoms with E-state index in [-0.39, 0.29) is 25.7 Å². The van der Waals surface area contributed by atoms with Crippen molar-refractivity contribution in [1.29, 1.82) is 0 Å². The van der Waals surface area contributed by atoms with E-state index in [1.54, 1.807) is 0 Å². The summed E-state index contributed by atoms with van der Waals surface area (Å²) in [5.41, 5.74) is 0. The number of phosphoric ester groups is 2. The summed E-state index contributed by atoms with van der Waals surface area (Å²) in [7, 11) is -10.0. The Hall–Kier alpha value is -5.32. The quantitative estimate of drug-likeness (QED) is 0.0169. The topological polar surface area (TPSA) is 237 Å². The Morgan fingerprint density at radius 1 is 0.279 bits per heavy atom. The molecule has 0 aliphatic heterocycles. The molecular formula is C85H140O17P2. The number of aliphatic hydroxyl groups is 1. The molecule has 104 heavy (non-hydrogen) atoms. The van der Waals surface area contributed by atoms with Crippen LogP contribution in [-0.4, -0.2) is 96.7 Å². The summed E-state index contributed by atoms with van der Waals surface area (Å²) in [5, 5.41) is 10.6. The van der Waals surface area contributed by atoms with Crippen molar-refractivity contribution in [2.45, 2.75) is 316 Å². The number of aliphatic hydroxyl groups excluding tert-OH is 1. The van der Waals surface area contributed by atoms with Crippen LogP contribution < -0.4 is 0 Å². The summed E-state index contributed by atoms with van der Waals surface area (Å²) < 4.78 is 68.4. The van der Waals surface area contributed by atoms with Crippen LogP contribution in [0.2, 0.25) is 0 Å². The van der Waals surface area contributed by atoms with Gasteiger partial charge in [-0.2, -0.15) is 0 Å². The van der Waals surface area contributed by atoms with Crippen molar-refractivity contribution in [1.82, 2.24) is 0 Å². The van der Waals surface area contributed by atoms with E-state index in [1.165, 1.54) is 77.0 Å². The number of hydrogen-bond acceptors (Lipinski definition) is 15. The molecule has 0 aromatic heterocycles. The monoisotopic (exact) mass is 1490 g/mol. The molecule has 0 bridgehead atoms. The van der Waals surface area contributed by atoms with Gasteiger partial charge in [0.15, 0.2) is 12.2 Å². The van der Waals surface area contributed by atoms with E-state index < -0.39 is 97.5 Å². The average Bonchev–Trinajstić information content (AvgIpc) is 0.926. The third-order valence-electron chi connectivity index (χ3n) is 16.0. The molecule has 0 aliphatic carbocycles. The molecule has 0 heterocycles. The van der Waals surface area contributed by atoms with Gasteiger partial charge in [-0.1, -0.05) is 301 Å². The van der Waals surface area contributed by atoms with Crippen molar-refractivity contribution in [2.75, 3.05) is 39.6 Å². The third-order valence-corrected chi connectivity index (χ3v) is 17.9. The summed E-state index contributed by atoms with van der Waals surface area (Å²) >= 11 is 0. The van der Waals surface area contributed by atoms with Crippen LogP contribution in [0, 0.1) is 0 Å². The van der Waals surface area contributed by atoms with Crippen LogP contribution in [0.4, 0.5) is 0 Å². The van der Waals surface area contributed by atoms with E-state index in [4.69, 9.17) is 37.0 Å². The number of rotatable bonds is 73. The molecule has 0 saturated carbocycles. The van der Waals surface area contributed by atoms with Gasteiger partial charge < -0.3 is 33.8 Å². The molecule has 17 nitrogen and oxygen atoms in total. The molecule has 0 amide bonds. The Morgan fingerprint density at radius 2 is 0.519 bits per heavy atom. The van der Waals surface area contributed by atoms with Crippen LogP contribution in [0.3, 0.4) is 0 Å². The maximum atomic E-state index is 13.1. The first-order chi connectivity index (χ1) is 50.7. The van der Waals surface area contributed by atoms with Gasteiger partial charge in [-0.05, 0) is 128 Å². The fourth-order valence-electron chi connectivity index (χ4n) is 10.0. The van der Waals surface area contributed by atoms with Crippen molar-refractivity contribution in [3.63, 3.8) is 0 Å². The molecule has 0 aliphatic rings. The lowest BCUT2D eigenvalue weighted by atomic mass is 10.0. The lowest BCUT2D eigenvalue weighted by Crippen LogP contribution is -2.30. The average molecular weight is 1500 g/mol. The molecule has 5 atom stereocenters. The molecule has 0 aromatic rings. The summed E-state index contributed by atoms with van der Waals surface area (Å²) in [5.74, 6) is -2.38. The number of allylic oxidation sites excluding steroid dienone is 26. The smallest absolute Gasteiger partial charge is 0.462 e. The first-order valence-electron chi connectivity index (χ1n) is 39.7. The van der Waals surface area contributed by atoms with Gasteiger partial charge in [-0.15, -0.1) is 0 Å². The van der Waals surface area contributed by atoms with Crippen LogP contribution in [0.15, 0.2) is 158 Å². The van der Waals surface area contributed by atoms with E-state index in [2.05, 4.69) is 149 Å². The standard InChI is InChI=1S/C85H140O17P2/c1-5-9-13-17-21-25-29-33-35-37-39-41-43-47-50-54-58-62-66-70-83(88)96-76-80(101-84(89)71-67-63-59-55-51-46-32-28-24-20-16-12-8-4)77-99-103(91,92)97-73-79(86)74-98-104(93,94)100-78-81(75-95-82(87)69-65-61-57-53-49-45-31-27-23-19-15-11-7-3)102-85(90)72-68-64-60-56-52-48-44-42-40-38-36-34-30-26-22-18-14-10-6-2/h9-10,13-14,21-22,25-26,28,32-36,39-42,47-48,50,52,58,60,62,64,79-81,86H,5-8,11-12,15-20,23-24,27,29-31,37-38,43-46,49,51,53-57,59,61,63,65-78H2,1-4H3,(H,91,92)(H,93,94)/b13-9-,14-10-,25-21-,26-22-,32-28-,35-33-,36-34-,41-39-,42-40-,50-47-,52-48-,62-58-,64-60-/t79-,80-,81-/m1/s1. The number of unbranched alkanes of at least 4 members (excludes halogenated alkanes) is 21. The predicted molar refractivity (Wildman–Crippen MR) is 427 cm³/mol. The maximum absolute atomic E-state index is 13.1. The van der Waals surface area contributed by atoms with E-state index in [1.807, 2.05) is 36.5 Å². The minimum absolute atomic E-state index is 0.0289. The second kappa shape index (κ2) is 75.9. The Balaban J connectivity index is 5.48. The first kappa shape index (κ1) is 98.7. The lowest BCUT2D eigenvalue weighted by Gasteiger charge is -2.21. The molecule has 3 N–H and O–H groups in total. The molecule has 592 valence electrons. The Bertz CT molecular complexity index is 2590. The van der Waals surface area contributed by atoms with Gasteiger partial charge in [0.05, 0.1) is 26.4 Å². The van der Waals surface area contributed by atoms with Gasteiger partial charge in [-0.3, -0.25) is 37.3 Å². The molecule has 0 fully saturated rings. The highest BCUT2D eigenvalue weighted by atomic mass is 31.2. The molecule has 0 saturated heterocycles. The number of hydrogen-bond donors (Lipinski definition) is 3. The zero-order valence-corrected chi connectivity index (χ0v) is 66.4. The van der Waals surface area contributed by atoms with Crippen LogP contribution in [0.5, 0.6) is 0 Å².